The predicted molar refractivity (Wildman–Crippen MR) is 105 cm³/mol. The van der Waals surface area contributed by atoms with E-state index in [1.807, 2.05) is 29.7 Å². The molecule has 0 spiro atoms. The number of imidazole rings is 1. The van der Waals surface area contributed by atoms with Gasteiger partial charge in [-0.2, -0.15) is 0 Å². The minimum Gasteiger partial charge on any atom is -0.283 e. The molecule has 2 heterocycles. The first-order valence-corrected chi connectivity index (χ1v) is 8.75. The van der Waals surface area contributed by atoms with Crippen LogP contribution in [0.25, 0.3) is 16.9 Å². The SMILES string of the molecule is Cc1ccc(C)c(-c2nc3cc(C)ccn3c2N=Nc2cccc(F)c2)c1. The van der Waals surface area contributed by atoms with Crippen LogP contribution in [0.4, 0.5) is 15.9 Å². The number of hydrogen-bond acceptors (Lipinski definition) is 3. The molecule has 0 amide bonds. The highest BCUT2D eigenvalue weighted by molar-refractivity contribution is 5.77. The Balaban J connectivity index is 1.93. The number of pyridine rings is 1. The molecule has 134 valence electrons. The van der Waals surface area contributed by atoms with E-state index < -0.39 is 0 Å². The largest absolute Gasteiger partial charge is 0.283 e. The fraction of sp³-hybridized carbons (Fsp3) is 0.136. The quantitative estimate of drug-likeness (QED) is 0.386. The Morgan fingerprint density at radius 1 is 0.889 bits per heavy atom. The number of rotatable bonds is 3. The summed E-state index contributed by atoms with van der Waals surface area (Å²) >= 11 is 0. The highest BCUT2D eigenvalue weighted by Crippen LogP contribution is 2.34. The third-order valence-corrected chi connectivity index (χ3v) is 4.47. The number of nitrogens with zero attached hydrogens (tertiary/aromatic N) is 4. The molecule has 4 aromatic rings. The van der Waals surface area contributed by atoms with E-state index in [1.165, 1.54) is 12.1 Å². The van der Waals surface area contributed by atoms with E-state index >= 15 is 0 Å². The van der Waals surface area contributed by atoms with Gasteiger partial charge in [0, 0.05) is 17.8 Å². The Hall–Kier alpha value is -3.34. The van der Waals surface area contributed by atoms with Gasteiger partial charge in [0.2, 0.25) is 0 Å². The highest BCUT2D eigenvalue weighted by Gasteiger charge is 2.16. The molecule has 0 fully saturated rings. The predicted octanol–water partition coefficient (Wildman–Crippen LogP) is 6.48. The average molecular weight is 358 g/mol. The normalized spacial score (nSPS) is 11.6. The number of hydrogen-bond donors (Lipinski definition) is 0. The van der Waals surface area contributed by atoms with Gasteiger partial charge in [0.25, 0.3) is 0 Å². The van der Waals surface area contributed by atoms with E-state index in [1.54, 1.807) is 12.1 Å². The van der Waals surface area contributed by atoms with Gasteiger partial charge in [-0.15, -0.1) is 10.2 Å². The van der Waals surface area contributed by atoms with Crippen LogP contribution in [-0.4, -0.2) is 9.38 Å². The Labute approximate surface area is 157 Å². The van der Waals surface area contributed by atoms with Crippen molar-refractivity contribution in [1.29, 1.82) is 0 Å². The Morgan fingerprint density at radius 3 is 2.52 bits per heavy atom. The first kappa shape index (κ1) is 17.1. The molecule has 27 heavy (non-hydrogen) atoms. The lowest BCUT2D eigenvalue weighted by molar-refractivity contribution is 0.628. The maximum atomic E-state index is 13.5. The van der Waals surface area contributed by atoms with Gasteiger partial charge < -0.3 is 0 Å². The topological polar surface area (TPSA) is 42.0 Å². The van der Waals surface area contributed by atoms with Crippen molar-refractivity contribution in [3.05, 3.63) is 83.3 Å². The third kappa shape index (κ3) is 3.36. The van der Waals surface area contributed by atoms with Gasteiger partial charge in [-0.25, -0.2) is 9.37 Å². The molecule has 0 unspecified atom stereocenters. The molecule has 5 heteroatoms. The minimum absolute atomic E-state index is 0.338. The van der Waals surface area contributed by atoms with Crippen LogP contribution in [0.1, 0.15) is 16.7 Å². The zero-order chi connectivity index (χ0) is 19.0. The lowest BCUT2D eigenvalue weighted by atomic mass is 10.0. The summed E-state index contributed by atoms with van der Waals surface area (Å²) in [7, 11) is 0. The van der Waals surface area contributed by atoms with Crippen molar-refractivity contribution in [2.75, 3.05) is 0 Å². The number of halogens is 1. The van der Waals surface area contributed by atoms with Crippen LogP contribution in [0.5, 0.6) is 0 Å². The molecule has 0 saturated heterocycles. The summed E-state index contributed by atoms with van der Waals surface area (Å²) in [5, 5.41) is 8.69. The summed E-state index contributed by atoms with van der Waals surface area (Å²) in [6.07, 6.45) is 1.94. The summed E-state index contributed by atoms with van der Waals surface area (Å²) in [5.41, 5.74) is 6.43. The van der Waals surface area contributed by atoms with Crippen LogP contribution in [0.3, 0.4) is 0 Å². The van der Waals surface area contributed by atoms with Crippen molar-refractivity contribution in [2.45, 2.75) is 20.8 Å². The van der Waals surface area contributed by atoms with Gasteiger partial charge in [0.15, 0.2) is 5.82 Å². The number of aromatic nitrogens is 2. The smallest absolute Gasteiger partial charge is 0.187 e. The second-order valence-electron chi connectivity index (χ2n) is 6.71. The van der Waals surface area contributed by atoms with E-state index in [0.29, 0.717) is 11.5 Å². The molecular weight excluding hydrogens is 339 g/mol. The molecular formula is C22H19FN4. The summed E-state index contributed by atoms with van der Waals surface area (Å²) in [6.45, 7) is 6.13. The van der Waals surface area contributed by atoms with Gasteiger partial charge in [0.05, 0.1) is 5.69 Å². The molecule has 2 aromatic heterocycles. The first-order chi connectivity index (χ1) is 13.0. The number of azo groups is 1. The molecule has 0 N–H and O–H groups in total. The fourth-order valence-corrected chi connectivity index (χ4v) is 3.04. The standard InChI is InChI=1S/C22H19FN4/c1-14-7-8-16(3)19(11-14)21-22(26-25-18-6-4-5-17(23)13-18)27-10-9-15(2)12-20(27)24-21/h4-13H,1-3H3. The summed E-state index contributed by atoms with van der Waals surface area (Å²) in [5.74, 6) is 0.290. The van der Waals surface area contributed by atoms with Crippen LogP contribution in [0.15, 0.2) is 71.0 Å². The zero-order valence-corrected chi connectivity index (χ0v) is 15.4. The summed E-state index contributed by atoms with van der Waals surface area (Å²) in [4.78, 5) is 4.81. The fourth-order valence-electron chi connectivity index (χ4n) is 3.04. The van der Waals surface area contributed by atoms with Crippen molar-refractivity contribution >= 4 is 17.2 Å². The van der Waals surface area contributed by atoms with Crippen LogP contribution in [0.2, 0.25) is 0 Å². The van der Waals surface area contributed by atoms with E-state index in [9.17, 15) is 4.39 Å². The van der Waals surface area contributed by atoms with Crippen LogP contribution < -0.4 is 0 Å². The second-order valence-corrected chi connectivity index (χ2v) is 6.71. The van der Waals surface area contributed by atoms with Crippen molar-refractivity contribution in [3.63, 3.8) is 0 Å². The molecule has 4 nitrogen and oxygen atoms in total. The maximum absolute atomic E-state index is 13.5. The van der Waals surface area contributed by atoms with Crippen molar-refractivity contribution < 1.29 is 4.39 Å². The molecule has 0 radical (unpaired) electrons. The molecule has 0 saturated carbocycles. The van der Waals surface area contributed by atoms with Gasteiger partial charge >= 0.3 is 0 Å². The van der Waals surface area contributed by atoms with Crippen molar-refractivity contribution in [2.24, 2.45) is 10.2 Å². The molecule has 4 rings (SSSR count). The number of aryl methyl sites for hydroxylation is 3. The maximum Gasteiger partial charge on any atom is 0.187 e. The molecule has 2 aromatic carbocycles. The number of benzene rings is 2. The Bertz CT molecular complexity index is 1170. The van der Waals surface area contributed by atoms with E-state index in [0.717, 1.165) is 33.6 Å². The molecule has 0 atom stereocenters. The average Bonchev–Trinajstić information content (AvgIpc) is 2.99. The molecule has 0 bridgehead atoms. The number of fused-ring (bicyclic) bond motifs is 1. The monoisotopic (exact) mass is 358 g/mol. The molecule has 0 aliphatic heterocycles. The van der Waals surface area contributed by atoms with E-state index in [4.69, 9.17) is 4.98 Å². The second kappa shape index (κ2) is 6.76. The van der Waals surface area contributed by atoms with Gasteiger partial charge in [0.1, 0.15) is 17.2 Å². The summed E-state index contributed by atoms with van der Waals surface area (Å²) in [6, 6.07) is 16.3. The van der Waals surface area contributed by atoms with Gasteiger partial charge in [-0.05, 0) is 62.2 Å². The zero-order valence-electron chi connectivity index (χ0n) is 15.4. The van der Waals surface area contributed by atoms with E-state index in [2.05, 4.69) is 42.3 Å². The molecule has 0 aliphatic carbocycles. The van der Waals surface area contributed by atoms with E-state index in [-0.39, 0.29) is 5.82 Å². The van der Waals surface area contributed by atoms with Crippen LogP contribution in [0, 0.1) is 26.6 Å². The lowest BCUT2D eigenvalue weighted by Gasteiger charge is -2.05. The summed E-state index contributed by atoms with van der Waals surface area (Å²) < 4.78 is 15.4. The van der Waals surface area contributed by atoms with Gasteiger partial charge in [-0.3, -0.25) is 4.40 Å². The Kier molecular flexibility index (Phi) is 4.28. The van der Waals surface area contributed by atoms with Gasteiger partial charge in [-0.1, -0.05) is 23.8 Å². The van der Waals surface area contributed by atoms with Crippen molar-refractivity contribution in [1.82, 2.24) is 9.38 Å². The highest BCUT2D eigenvalue weighted by atomic mass is 19.1. The van der Waals surface area contributed by atoms with Crippen LogP contribution in [-0.2, 0) is 0 Å². The lowest BCUT2D eigenvalue weighted by Crippen LogP contribution is -1.86. The van der Waals surface area contributed by atoms with Crippen LogP contribution >= 0.6 is 0 Å². The first-order valence-electron chi connectivity index (χ1n) is 8.75. The van der Waals surface area contributed by atoms with Crippen molar-refractivity contribution in [3.8, 4) is 11.3 Å². The molecule has 0 aliphatic rings. The minimum atomic E-state index is -0.338. The Morgan fingerprint density at radius 2 is 1.70 bits per heavy atom. The third-order valence-electron chi connectivity index (χ3n) is 4.47.